The van der Waals surface area contributed by atoms with E-state index in [4.69, 9.17) is 9.47 Å². The van der Waals surface area contributed by atoms with Crippen molar-refractivity contribution in [3.8, 4) is 11.5 Å². The molecule has 2 aromatic carbocycles. The van der Waals surface area contributed by atoms with Crippen LogP contribution in [0.3, 0.4) is 0 Å². The zero-order chi connectivity index (χ0) is 22.7. The summed E-state index contributed by atoms with van der Waals surface area (Å²) in [5, 5.41) is 18.5. The SMILES string of the molecule is COc1ccc(Cn2nc(C)c(NC(=O)c3ccc(C)c([N+](=O)[O-])c3)c2C)cc1OC. The maximum Gasteiger partial charge on any atom is 0.273 e. The molecule has 0 atom stereocenters. The van der Waals surface area contributed by atoms with Crippen LogP contribution in [0.25, 0.3) is 0 Å². The van der Waals surface area contributed by atoms with Gasteiger partial charge in [-0.25, -0.2) is 0 Å². The number of ether oxygens (including phenoxy) is 2. The number of aromatic nitrogens is 2. The molecular weight excluding hydrogens is 400 g/mol. The van der Waals surface area contributed by atoms with Gasteiger partial charge < -0.3 is 14.8 Å². The third kappa shape index (κ3) is 4.50. The molecule has 9 nitrogen and oxygen atoms in total. The highest BCUT2D eigenvalue weighted by Gasteiger charge is 2.19. The first kappa shape index (κ1) is 21.8. The van der Waals surface area contributed by atoms with E-state index in [2.05, 4.69) is 10.4 Å². The predicted octanol–water partition coefficient (Wildman–Crippen LogP) is 4.03. The van der Waals surface area contributed by atoms with Crippen molar-refractivity contribution in [3.05, 3.63) is 74.6 Å². The molecule has 0 unspecified atom stereocenters. The van der Waals surface area contributed by atoms with Crippen LogP contribution in [0.15, 0.2) is 36.4 Å². The lowest BCUT2D eigenvalue weighted by atomic mass is 10.1. The topological polar surface area (TPSA) is 109 Å². The van der Waals surface area contributed by atoms with Crippen LogP contribution in [0.5, 0.6) is 11.5 Å². The Bertz CT molecular complexity index is 1150. The first-order valence-electron chi connectivity index (χ1n) is 9.56. The van der Waals surface area contributed by atoms with Gasteiger partial charge in [0.2, 0.25) is 0 Å². The monoisotopic (exact) mass is 424 g/mol. The molecule has 3 rings (SSSR count). The fourth-order valence-electron chi connectivity index (χ4n) is 3.32. The minimum absolute atomic E-state index is 0.0924. The lowest BCUT2D eigenvalue weighted by Gasteiger charge is -2.11. The van der Waals surface area contributed by atoms with Crippen LogP contribution < -0.4 is 14.8 Å². The number of nitro groups is 1. The van der Waals surface area contributed by atoms with Gasteiger partial charge in [-0.2, -0.15) is 5.10 Å². The summed E-state index contributed by atoms with van der Waals surface area (Å²) >= 11 is 0. The van der Waals surface area contributed by atoms with Crippen molar-refractivity contribution >= 4 is 17.3 Å². The molecular formula is C22H24N4O5. The first-order chi connectivity index (χ1) is 14.7. The second kappa shape index (κ2) is 8.86. The third-order valence-electron chi connectivity index (χ3n) is 5.07. The number of nitrogens with one attached hydrogen (secondary N) is 1. The Morgan fingerprint density at radius 2 is 1.81 bits per heavy atom. The van der Waals surface area contributed by atoms with E-state index < -0.39 is 10.8 Å². The molecule has 1 N–H and O–H groups in total. The van der Waals surface area contributed by atoms with Gasteiger partial charge in [0.1, 0.15) is 0 Å². The Morgan fingerprint density at radius 1 is 1.10 bits per heavy atom. The van der Waals surface area contributed by atoms with Crippen molar-refractivity contribution in [1.82, 2.24) is 9.78 Å². The minimum Gasteiger partial charge on any atom is -0.493 e. The van der Waals surface area contributed by atoms with Crippen molar-refractivity contribution in [2.45, 2.75) is 27.3 Å². The Labute approximate surface area is 179 Å². The number of benzene rings is 2. The predicted molar refractivity (Wildman–Crippen MR) is 116 cm³/mol. The summed E-state index contributed by atoms with van der Waals surface area (Å²) in [5.41, 5.74) is 3.56. The van der Waals surface area contributed by atoms with Crippen LogP contribution in [0.4, 0.5) is 11.4 Å². The fraction of sp³-hybridized carbons (Fsp3) is 0.273. The lowest BCUT2D eigenvalue weighted by molar-refractivity contribution is -0.385. The van der Waals surface area contributed by atoms with Crippen molar-refractivity contribution in [2.24, 2.45) is 0 Å². The molecule has 0 spiro atoms. The molecule has 0 aliphatic rings. The molecule has 162 valence electrons. The molecule has 0 aliphatic carbocycles. The van der Waals surface area contributed by atoms with Gasteiger partial charge in [0.15, 0.2) is 11.5 Å². The number of rotatable bonds is 7. The Morgan fingerprint density at radius 3 is 2.45 bits per heavy atom. The van der Waals surface area contributed by atoms with E-state index in [1.165, 1.54) is 6.07 Å². The Hall–Kier alpha value is -3.88. The summed E-state index contributed by atoms with van der Waals surface area (Å²) in [6.45, 7) is 5.75. The van der Waals surface area contributed by atoms with E-state index in [0.717, 1.165) is 11.3 Å². The molecule has 0 radical (unpaired) electrons. The van der Waals surface area contributed by atoms with E-state index >= 15 is 0 Å². The molecule has 1 aromatic heterocycles. The summed E-state index contributed by atoms with van der Waals surface area (Å²) in [4.78, 5) is 23.4. The van der Waals surface area contributed by atoms with Crippen LogP contribution in [0.1, 0.15) is 32.9 Å². The molecule has 3 aromatic rings. The van der Waals surface area contributed by atoms with Crippen LogP contribution in [-0.2, 0) is 6.54 Å². The number of hydrogen-bond acceptors (Lipinski definition) is 6. The van der Waals surface area contributed by atoms with E-state index in [9.17, 15) is 14.9 Å². The molecule has 31 heavy (non-hydrogen) atoms. The normalized spacial score (nSPS) is 10.6. The molecule has 0 aliphatic heterocycles. The largest absolute Gasteiger partial charge is 0.493 e. The fourth-order valence-corrected chi connectivity index (χ4v) is 3.32. The van der Waals surface area contributed by atoms with E-state index in [1.54, 1.807) is 44.9 Å². The van der Waals surface area contributed by atoms with Gasteiger partial charge in [-0.3, -0.25) is 19.6 Å². The molecule has 1 amide bonds. The van der Waals surface area contributed by atoms with E-state index in [1.807, 2.05) is 25.1 Å². The van der Waals surface area contributed by atoms with Crippen LogP contribution in [-0.4, -0.2) is 34.8 Å². The van der Waals surface area contributed by atoms with Gasteiger partial charge in [0, 0.05) is 17.2 Å². The number of methoxy groups -OCH3 is 2. The van der Waals surface area contributed by atoms with Gasteiger partial charge in [0.05, 0.1) is 42.8 Å². The third-order valence-corrected chi connectivity index (χ3v) is 5.07. The van der Waals surface area contributed by atoms with E-state index in [0.29, 0.717) is 35.0 Å². The van der Waals surface area contributed by atoms with Crippen molar-refractivity contribution in [3.63, 3.8) is 0 Å². The second-order valence-corrected chi connectivity index (χ2v) is 7.11. The summed E-state index contributed by atoms with van der Waals surface area (Å²) in [6.07, 6.45) is 0. The highest BCUT2D eigenvalue weighted by Crippen LogP contribution is 2.29. The minimum atomic E-state index is -0.496. The number of carbonyl (C=O) groups is 1. The van der Waals surface area contributed by atoms with Gasteiger partial charge in [-0.15, -0.1) is 0 Å². The van der Waals surface area contributed by atoms with Crippen LogP contribution >= 0.6 is 0 Å². The summed E-state index contributed by atoms with van der Waals surface area (Å²) < 4.78 is 12.4. The molecule has 1 heterocycles. The van der Waals surface area contributed by atoms with Crippen LogP contribution in [0, 0.1) is 30.9 Å². The highest BCUT2D eigenvalue weighted by atomic mass is 16.6. The van der Waals surface area contributed by atoms with Gasteiger partial charge in [-0.1, -0.05) is 12.1 Å². The van der Waals surface area contributed by atoms with Gasteiger partial charge in [-0.05, 0) is 44.5 Å². The van der Waals surface area contributed by atoms with Crippen molar-refractivity contribution in [2.75, 3.05) is 19.5 Å². The Kier molecular flexibility index (Phi) is 6.24. The molecule has 9 heteroatoms. The molecule has 0 saturated carbocycles. The lowest BCUT2D eigenvalue weighted by Crippen LogP contribution is -2.14. The number of anilines is 1. The quantitative estimate of drug-likeness (QED) is 0.453. The van der Waals surface area contributed by atoms with Crippen molar-refractivity contribution < 1.29 is 19.2 Å². The highest BCUT2D eigenvalue weighted by molar-refractivity contribution is 6.05. The summed E-state index contributed by atoms with van der Waals surface area (Å²) in [7, 11) is 3.16. The second-order valence-electron chi connectivity index (χ2n) is 7.11. The maximum absolute atomic E-state index is 12.7. The number of nitrogens with zero attached hydrogens (tertiary/aromatic N) is 3. The molecule has 0 bridgehead atoms. The molecule has 0 fully saturated rings. The summed E-state index contributed by atoms with van der Waals surface area (Å²) in [5.74, 6) is 0.829. The molecule has 0 saturated heterocycles. The summed E-state index contributed by atoms with van der Waals surface area (Å²) in [6, 6.07) is 10.0. The number of carbonyl (C=O) groups excluding carboxylic acids is 1. The Balaban J connectivity index is 1.84. The average Bonchev–Trinajstić information content (AvgIpc) is 3.00. The van der Waals surface area contributed by atoms with E-state index in [-0.39, 0.29) is 11.3 Å². The van der Waals surface area contributed by atoms with Crippen molar-refractivity contribution in [1.29, 1.82) is 0 Å². The maximum atomic E-state index is 12.7. The zero-order valence-corrected chi connectivity index (χ0v) is 18.1. The number of nitro benzene ring substituents is 1. The first-order valence-corrected chi connectivity index (χ1v) is 9.56. The average molecular weight is 424 g/mol. The smallest absolute Gasteiger partial charge is 0.273 e. The standard InChI is InChI=1S/C22H24N4O5/c1-13-6-8-17(11-18(13)26(28)29)22(27)23-21-14(2)24-25(15(21)3)12-16-7-9-19(30-4)20(10-16)31-5/h6-11H,12H2,1-5H3,(H,23,27). The number of hydrogen-bond donors (Lipinski definition) is 1. The number of amides is 1. The number of aryl methyl sites for hydroxylation is 2. The van der Waals surface area contributed by atoms with Gasteiger partial charge in [0.25, 0.3) is 11.6 Å². The van der Waals surface area contributed by atoms with Crippen LogP contribution in [0.2, 0.25) is 0 Å². The zero-order valence-electron chi connectivity index (χ0n) is 18.1. The van der Waals surface area contributed by atoms with Gasteiger partial charge >= 0.3 is 0 Å².